The average molecular weight is 453 g/mol. The van der Waals surface area contributed by atoms with E-state index in [9.17, 15) is 14.7 Å². The van der Waals surface area contributed by atoms with Crippen LogP contribution in [0.3, 0.4) is 0 Å². The summed E-state index contributed by atoms with van der Waals surface area (Å²) in [4.78, 5) is 26.2. The van der Waals surface area contributed by atoms with E-state index in [-0.39, 0.29) is 17.9 Å². The van der Waals surface area contributed by atoms with Gasteiger partial charge in [0.25, 0.3) is 0 Å². The molecule has 0 heterocycles. The smallest absolute Gasteiger partial charge is 0.220 e. The van der Waals surface area contributed by atoms with Gasteiger partial charge in [-0.3, -0.25) is 9.59 Å². The SMILES string of the molecule is CCCCCC(=O)NC(Cc1ccc(-c2ccccc2)cc1)C(O)CCN(C(C)=O)C(C)C. The number of rotatable bonds is 13. The first-order chi connectivity index (χ1) is 15.8. The minimum atomic E-state index is -0.741. The van der Waals surface area contributed by atoms with E-state index in [2.05, 4.69) is 48.6 Å². The second kappa shape index (κ2) is 13.8. The molecule has 0 aliphatic heterocycles. The zero-order chi connectivity index (χ0) is 24.2. The topological polar surface area (TPSA) is 69.6 Å². The van der Waals surface area contributed by atoms with Gasteiger partial charge in [-0.15, -0.1) is 0 Å². The van der Waals surface area contributed by atoms with E-state index in [0.29, 0.717) is 25.8 Å². The summed E-state index contributed by atoms with van der Waals surface area (Å²) in [6.45, 7) is 8.06. The van der Waals surface area contributed by atoms with Crippen molar-refractivity contribution in [2.75, 3.05) is 6.54 Å². The van der Waals surface area contributed by atoms with Crippen LogP contribution < -0.4 is 5.32 Å². The third kappa shape index (κ3) is 9.01. The van der Waals surface area contributed by atoms with E-state index < -0.39 is 12.1 Å². The molecule has 0 radical (unpaired) electrons. The lowest BCUT2D eigenvalue weighted by atomic mass is 9.96. The van der Waals surface area contributed by atoms with Gasteiger partial charge in [-0.1, -0.05) is 74.4 Å². The molecule has 5 nitrogen and oxygen atoms in total. The molecule has 0 spiro atoms. The van der Waals surface area contributed by atoms with E-state index in [0.717, 1.165) is 36.0 Å². The zero-order valence-electron chi connectivity index (χ0n) is 20.6. The van der Waals surface area contributed by atoms with Crippen LogP contribution in [0.15, 0.2) is 54.6 Å². The van der Waals surface area contributed by atoms with Gasteiger partial charge in [0.1, 0.15) is 0 Å². The highest BCUT2D eigenvalue weighted by atomic mass is 16.3. The summed E-state index contributed by atoms with van der Waals surface area (Å²) in [5.41, 5.74) is 3.34. The molecule has 2 aromatic carbocycles. The predicted octanol–water partition coefficient (Wildman–Crippen LogP) is 4.97. The number of hydrogen-bond donors (Lipinski definition) is 2. The number of benzene rings is 2. The minimum Gasteiger partial charge on any atom is -0.391 e. The number of nitrogens with zero attached hydrogens (tertiary/aromatic N) is 1. The number of nitrogens with one attached hydrogen (secondary N) is 1. The van der Waals surface area contributed by atoms with Crippen molar-refractivity contribution < 1.29 is 14.7 Å². The molecule has 2 atom stereocenters. The monoisotopic (exact) mass is 452 g/mol. The maximum Gasteiger partial charge on any atom is 0.220 e. The normalized spacial score (nSPS) is 12.9. The van der Waals surface area contributed by atoms with Crippen LogP contribution in [0.5, 0.6) is 0 Å². The van der Waals surface area contributed by atoms with E-state index in [1.807, 2.05) is 32.0 Å². The predicted molar refractivity (Wildman–Crippen MR) is 135 cm³/mol. The van der Waals surface area contributed by atoms with E-state index >= 15 is 0 Å². The molecular formula is C28H40N2O3. The van der Waals surface area contributed by atoms with Crippen molar-refractivity contribution >= 4 is 11.8 Å². The highest BCUT2D eigenvalue weighted by Crippen LogP contribution is 2.20. The lowest BCUT2D eigenvalue weighted by Crippen LogP contribution is -2.47. The maximum absolute atomic E-state index is 12.5. The summed E-state index contributed by atoms with van der Waals surface area (Å²) >= 11 is 0. The van der Waals surface area contributed by atoms with Crippen molar-refractivity contribution in [3.05, 3.63) is 60.2 Å². The van der Waals surface area contributed by atoms with Crippen LogP contribution in [0, 0.1) is 0 Å². The molecule has 180 valence electrons. The third-order valence-electron chi connectivity index (χ3n) is 6.03. The third-order valence-corrected chi connectivity index (χ3v) is 6.03. The fourth-order valence-corrected chi connectivity index (χ4v) is 4.07. The van der Waals surface area contributed by atoms with Crippen LogP contribution in [0.1, 0.15) is 65.4 Å². The highest BCUT2D eigenvalue weighted by Gasteiger charge is 2.23. The van der Waals surface area contributed by atoms with Gasteiger partial charge in [0.15, 0.2) is 0 Å². The average Bonchev–Trinajstić information content (AvgIpc) is 2.79. The molecule has 0 bridgehead atoms. The number of amides is 2. The van der Waals surface area contributed by atoms with Crippen LogP contribution in [0.4, 0.5) is 0 Å². The van der Waals surface area contributed by atoms with Gasteiger partial charge in [0.05, 0.1) is 12.1 Å². The Morgan fingerprint density at radius 3 is 2.18 bits per heavy atom. The molecule has 2 N–H and O–H groups in total. The first kappa shape index (κ1) is 26.6. The summed E-state index contributed by atoms with van der Waals surface area (Å²) < 4.78 is 0. The number of aliphatic hydroxyl groups is 1. The lowest BCUT2D eigenvalue weighted by Gasteiger charge is -2.29. The van der Waals surface area contributed by atoms with Crippen molar-refractivity contribution in [1.82, 2.24) is 10.2 Å². The number of aliphatic hydroxyl groups excluding tert-OH is 1. The molecule has 0 aromatic heterocycles. The highest BCUT2D eigenvalue weighted by molar-refractivity contribution is 5.76. The Labute approximate surface area is 199 Å². The molecule has 2 amide bonds. The van der Waals surface area contributed by atoms with E-state index in [1.54, 1.807) is 11.8 Å². The lowest BCUT2D eigenvalue weighted by molar-refractivity contribution is -0.131. The zero-order valence-corrected chi connectivity index (χ0v) is 20.6. The van der Waals surface area contributed by atoms with Crippen molar-refractivity contribution in [1.29, 1.82) is 0 Å². The minimum absolute atomic E-state index is 0.00569. The number of carbonyl (C=O) groups is 2. The fourth-order valence-electron chi connectivity index (χ4n) is 4.07. The summed E-state index contributed by atoms with van der Waals surface area (Å²) in [6, 6.07) is 18.1. The fraction of sp³-hybridized carbons (Fsp3) is 0.500. The van der Waals surface area contributed by atoms with Crippen LogP contribution in [-0.2, 0) is 16.0 Å². The molecule has 2 unspecified atom stereocenters. The Morgan fingerprint density at radius 2 is 1.61 bits per heavy atom. The molecular weight excluding hydrogens is 412 g/mol. The van der Waals surface area contributed by atoms with Crippen LogP contribution >= 0.6 is 0 Å². The van der Waals surface area contributed by atoms with Crippen LogP contribution in [0.2, 0.25) is 0 Å². The first-order valence-electron chi connectivity index (χ1n) is 12.2. The Hall–Kier alpha value is -2.66. The van der Waals surface area contributed by atoms with Gasteiger partial charge in [0.2, 0.25) is 11.8 Å². The van der Waals surface area contributed by atoms with Gasteiger partial charge in [-0.25, -0.2) is 0 Å². The van der Waals surface area contributed by atoms with Crippen LogP contribution in [-0.4, -0.2) is 46.6 Å². The molecule has 5 heteroatoms. The van der Waals surface area contributed by atoms with Gasteiger partial charge in [0, 0.05) is 25.9 Å². The van der Waals surface area contributed by atoms with Crippen molar-refractivity contribution in [2.24, 2.45) is 0 Å². The maximum atomic E-state index is 12.5. The molecule has 33 heavy (non-hydrogen) atoms. The van der Waals surface area contributed by atoms with Gasteiger partial charge < -0.3 is 15.3 Å². The summed E-state index contributed by atoms with van der Waals surface area (Å²) in [6.07, 6.45) is 3.61. The molecule has 0 fully saturated rings. The summed E-state index contributed by atoms with van der Waals surface area (Å²) in [7, 11) is 0. The molecule has 2 rings (SSSR count). The Kier molecular flexibility index (Phi) is 11.1. The van der Waals surface area contributed by atoms with Crippen molar-refractivity contribution in [3.8, 4) is 11.1 Å². The molecule has 0 saturated heterocycles. The van der Waals surface area contributed by atoms with E-state index in [1.165, 1.54) is 0 Å². The van der Waals surface area contributed by atoms with Crippen molar-refractivity contribution in [2.45, 2.75) is 84.4 Å². The number of unbranched alkanes of at least 4 members (excludes halogenated alkanes) is 2. The second-order valence-corrected chi connectivity index (χ2v) is 9.06. The molecule has 0 aliphatic rings. The van der Waals surface area contributed by atoms with Gasteiger partial charge in [-0.2, -0.15) is 0 Å². The van der Waals surface area contributed by atoms with Crippen LogP contribution in [0.25, 0.3) is 11.1 Å². The second-order valence-electron chi connectivity index (χ2n) is 9.06. The Balaban J connectivity index is 2.09. The van der Waals surface area contributed by atoms with E-state index in [4.69, 9.17) is 0 Å². The molecule has 0 saturated carbocycles. The Morgan fingerprint density at radius 1 is 0.970 bits per heavy atom. The summed E-state index contributed by atoms with van der Waals surface area (Å²) in [5.74, 6) is -0.0328. The number of hydrogen-bond acceptors (Lipinski definition) is 3. The largest absolute Gasteiger partial charge is 0.391 e. The van der Waals surface area contributed by atoms with Gasteiger partial charge >= 0.3 is 0 Å². The molecule has 2 aromatic rings. The van der Waals surface area contributed by atoms with Gasteiger partial charge in [-0.05, 0) is 49.8 Å². The quantitative estimate of drug-likeness (QED) is 0.422. The first-order valence-corrected chi connectivity index (χ1v) is 12.2. The Bertz CT molecular complexity index is 849. The number of carbonyl (C=O) groups excluding carboxylic acids is 2. The standard InChI is InChI=1S/C28H40N2O3/c1-5-6-8-13-28(33)29-26(27(32)18-19-30(21(2)3)22(4)31)20-23-14-16-25(17-15-23)24-11-9-7-10-12-24/h7,9-12,14-17,21,26-27,32H,5-6,8,13,18-20H2,1-4H3,(H,29,33). The summed E-state index contributed by atoms with van der Waals surface area (Å²) in [5, 5.41) is 14.0. The molecule has 0 aliphatic carbocycles. The van der Waals surface area contributed by atoms with Crippen molar-refractivity contribution in [3.63, 3.8) is 0 Å².